The largest absolute Gasteiger partial charge is 0.301 e. The third-order valence-corrected chi connectivity index (χ3v) is 5.70. The second-order valence-corrected chi connectivity index (χ2v) is 6.97. The summed E-state index contributed by atoms with van der Waals surface area (Å²) >= 11 is 0. The molecule has 0 aromatic heterocycles. The average molecular weight is 306 g/mol. The monoisotopic (exact) mass is 306 g/mol. The van der Waals surface area contributed by atoms with Crippen molar-refractivity contribution in [2.45, 2.75) is 46.1 Å². The lowest BCUT2D eigenvalue weighted by atomic mass is 9.78. The van der Waals surface area contributed by atoms with Crippen LogP contribution >= 0.6 is 0 Å². The van der Waals surface area contributed by atoms with Gasteiger partial charge in [-0.3, -0.25) is 0 Å². The highest BCUT2D eigenvalue weighted by atomic mass is 15.2. The van der Waals surface area contributed by atoms with Crippen LogP contribution in [-0.2, 0) is 5.41 Å². The fraction of sp³-hybridized carbons (Fsp3) is 0.364. The number of rotatable bonds is 0. The lowest BCUT2D eigenvalue weighted by Crippen LogP contribution is -3.07. The molecule has 0 spiro atoms. The number of nitrogens with one attached hydrogen (secondary N) is 1. The highest BCUT2D eigenvalue weighted by molar-refractivity contribution is 6.14. The summed E-state index contributed by atoms with van der Waals surface area (Å²) in [5.41, 5.74) is 3.24. The summed E-state index contributed by atoms with van der Waals surface area (Å²) in [7, 11) is 2.32. The highest BCUT2D eigenvalue weighted by Gasteiger charge is 2.47. The molecule has 3 aromatic rings. The van der Waals surface area contributed by atoms with Crippen LogP contribution in [0.25, 0.3) is 21.5 Å². The predicted octanol–water partition coefficient (Wildman–Crippen LogP) is 4.85. The summed E-state index contributed by atoms with van der Waals surface area (Å²) in [6.07, 6.45) is 0. The second-order valence-electron chi connectivity index (χ2n) is 6.97. The third kappa shape index (κ3) is 2.10. The number of benzene rings is 3. The van der Waals surface area contributed by atoms with Gasteiger partial charge in [0.05, 0.1) is 13.1 Å². The van der Waals surface area contributed by atoms with Gasteiger partial charge >= 0.3 is 0 Å². The summed E-state index contributed by atoms with van der Waals surface area (Å²) in [4.78, 5) is 1.54. The van der Waals surface area contributed by atoms with E-state index in [1.54, 1.807) is 5.56 Å². The maximum atomic E-state index is 2.40. The van der Waals surface area contributed by atoms with E-state index in [9.17, 15) is 0 Å². The van der Waals surface area contributed by atoms with Gasteiger partial charge in [0.25, 0.3) is 0 Å². The molecule has 0 fully saturated rings. The highest BCUT2D eigenvalue weighted by Crippen LogP contribution is 2.45. The molecule has 23 heavy (non-hydrogen) atoms. The number of hydrogen-bond donors (Lipinski definition) is 1. The van der Waals surface area contributed by atoms with E-state index in [0.29, 0.717) is 6.04 Å². The van der Waals surface area contributed by atoms with Gasteiger partial charge in [-0.2, -0.15) is 0 Å². The second kappa shape index (κ2) is 5.65. The van der Waals surface area contributed by atoms with E-state index in [4.69, 9.17) is 0 Å². The lowest BCUT2D eigenvalue weighted by molar-refractivity contribution is -0.833. The van der Waals surface area contributed by atoms with Crippen molar-refractivity contribution in [2.24, 2.45) is 0 Å². The van der Waals surface area contributed by atoms with Crippen molar-refractivity contribution >= 4 is 27.2 Å². The molecule has 1 aliphatic heterocycles. The van der Waals surface area contributed by atoms with Crippen molar-refractivity contribution in [3.05, 3.63) is 54.1 Å². The Kier molecular flexibility index (Phi) is 3.93. The molecular weight excluding hydrogens is 278 g/mol. The first-order chi connectivity index (χ1) is 11.0. The zero-order chi connectivity index (χ0) is 16.8. The fourth-order valence-corrected chi connectivity index (χ4v) is 4.19. The van der Waals surface area contributed by atoms with Gasteiger partial charge in [-0.1, -0.05) is 56.3 Å². The van der Waals surface area contributed by atoms with Crippen molar-refractivity contribution in [1.29, 1.82) is 0 Å². The minimum absolute atomic E-state index is 0.197. The Morgan fingerprint density at radius 2 is 1.22 bits per heavy atom. The summed E-state index contributed by atoms with van der Waals surface area (Å²) in [6, 6.07) is 18.4. The van der Waals surface area contributed by atoms with Gasteiger partial charge < -0.3 is 4.90 Å². The van der Waals surface area contributed by atoms with E-state index in [0.717, 1.165) is 0 Å². The summed E-state index contributed by atoms with van der Waals surface area (Å²) in [5.74, 6) is 0. The quantitative estimate of drug-likeness (QED) is 0.567. The van der Waals surface area contributed by atoms with Gasteiger partial charge in [-0.15, -0.1) is 0 Å². The Morgan fingerprint density at radius 3 is 1.78 bits per heavy atom. The number of fused-ring (bicyclic) bond motifs is 6. The van der Waals surface area contributed by atoms with Gasteiger partial charge in [-0.05, 0) is 43.0 Å². The molecule has 1 heterocycles. The molecule has 2 unspecified atom stereocenters. The molecule has 0 bridgehead atoms. The molecule has 1 heteroatoms. The van der Waals surface area contributed by atoms with Crippen LogP contribution in [-0.4, -0.2) is 13.1 Å². The lowest BCUT2D eigenvalue weighted by Gasteiger charge is -2.24. The van der Waals surface area contributed by atoms with Crippen molar-refractivity contribution in [3.63, 3.8) is 0 Å². The minimum atomic E-state index is 0.197. The molecule has 1 nitrogen and oxygen atoms in total. The maximum Gasteiger partial charge on any atom is 0.143 e. The number of quaternary nitrogens is 1. The van der Waals surface area contributed by atoms with E-state index < -0.39 is 0 Å². The predicted molar refractivity (Wildman–Crippen MR) is 102 cm³/mol. The van der Waals surface area contributed by atoms with E-state index in [1.165, 1.54) is 32.1 Å². The van der Waals surface area contributed by atoms with Gasteiger partial charge in [0.1, 0.15) is 5.69 Å². The Hall–Kier alpha value is -1.86. The summed E-state index contributed by atoms with van der Waals surface area (Å²) < 4.78 is 0. The minimum Gasteiger partial charge on any atom is -0.301 e. The van der Waals surface area contributed by atoms with Gasteiger partial charge in [0, 0.05) is 16.4 Å². The first kappa shape index (κ1) is 16.0. The molecule has 3 aromatic carbocycles. The standard InChI is InChI=1S/C20H21N.C2H6/c1-13-20(2,3)18-16-11-7-5-9-14(16)15-10-6-8-12-17(15)19(18)21(13)4;1-2/h5-13H,1-4H3;1-2H3/p+1. The molecule has 0 aliphatic carbocycles. The first-order valence-electron chi connectivity index (χ1n) is 8.81. The number of likely N-dealkylation sites (N-methyl/N-ethyl adjacent to an activating group) is 1. The van der Waals surface area contributed by atoms with Crippen LogP contribution in [0.1, 0.15) is 40.2 Å². The molecule has 0 saturated heterocycles. The molecular formula is C22H28N+. The van der Waals surface area contributed by atoms with Gasteiger partial charge in [-0.25, -0.2) is 0 Å². The molecule has 0 radical (unpaired) electrons. The SMILES string of the molecule is CC.CC1[NH+](C)c2c(c3ccccc3c3ccccc23)C1(C)C. The van der Waals surface area contributed by atoms with E-state index in [2.05, 4.69) is 76.3 Å². The molecule has 4 rings (SSSR count). The average Bonchev–Trinajstić information content (AvgIpc) is 2.78. The van der Waals surface area contributed by atoms with E-state index in [1.807, 2.05) is 13.8 Å². The third-order valence-electron chi connectivity index (χ3n) is 5.70. The Bertz CT molecular complexity index is 860. The fourth-order valence-electron chi connectivity index (χ4n) is 4.19. The van der Waals surface area contributed by atoms with Crippen molar-refractivity contribution in [1.82, 2.24) is 0 Å². The smallest absolute Gasteiger partial charge is 0.143 e. The van der Waals surface area contributed by atoms with Crippen molar-refractivity contribution in [2.75, 3.05) is 7.05 Å². The van der Waals surface area contributed by atoms with Crippen LogP contribution in [0.4, 0.5) is 5.69 Å². The van der Waals surface area contributed by atoms with Crippen molar-refractivity contribution in [3.8, 4) is 0 Å². The van der Waals surface area contributed by atoms with Crippen LogP contribution in [0.3, 0.4) is 0 Å². The molecule has 1 N–H and O–H groups in total. The van der Waals surface area contributed by atoms with E-state index >= 15 is 0 Å². The van der Waals surface area contributed by atoms with Crippen LogP contribution in [0, 0.1) is 0 Å². The molecule has 0 saturated carbocycles. The van der Waals surface area contributed by atoms with Gasteiger partial charge in [0.15, 0.2) is 0 Å². The van der Waals surface area contributed by atoms with Crippen molar-refractivity contribution < 1.29 is 4.90 Å². The van der Waals surface area contributed by atoms with Gasteiger partial charge in [0.2, 0.25) is 0 Å². The number of hydrogen-bond acceptors (Lipinski definition) is 0. The zero-order valence-corrected chi connectivity index (χ0v) is 15.2. The summed E-state index contributed by atoms with van der Waals surface area (Å²) in [5, 5.41) is 5.62. The van der Waals surface area contributed by atoms with Crippen LogP contribution in [0.15, 0.2) is 48.5 Å². The molecule has 120 valence electrons. The van der Waals surface area contributed by atoms with Crippen LogP contribution in [0.5, 0.6) is 0 Å². The Balaban J connectivity index is 0.000000753. The van der Waals surface area contributed by atoms with Crippen LogP contribution in [0.2, 0.25) is 0 Å². The normalized spacial score (nSPS) is 21.8. The maximum absolute atomic E-state index is 2.40. The molecule has 0 amide bonds. The Labute approximate surface area is 139 Å². The Morgan fingerprint density at radius 1 is 0.783 bits per heavy atom. The first-order valence-corrected chi connectivity index (χ1v) is 8.81. The zero-order valence-electron chi connectivity index (χ0n) is 15.2. The van der Waals surface area contributed by atoms with Crippen LogP contribution < -0.4 is 4.90 Å². The molecule has 1 aliphatic rings. The molecule has 2 atom stereocenters. The van der Waals surface area contributed by atoms with E-state index in [-0.39, 0.29) is 5.41 Å². The summed E-state index contributed by atoms with van der Waals surface area (Å²) in [6.45, 7) is 11.2. The topological polar surface area (TPSA) is 4.44 Å².